The minimum atomic E-state index is -0.190. The van der Waals surface area contributed by atoms with Gasteiger partial charge in [-0.15, -0.1) is 0 Å². The van der Waals surface area contributed by atoms with Gasteiger partial charge in [-0.3, -0.25) is 4.79 Å². The predicted octanol–water partition coefficient (Wildman–Crippen LogP) is 4.25. The van der Waals surface area contributed by atoms with Gasteiger partial charge in [-0.25, -0.2) is 0 Å². The first-order chi connectivity index (χ1) is 10.2. The van der Waals surface area contributed by atoms with Gasteiger partial charge in [0.2, 0.25) is 0 Å². The summed E-state index contributed by atoms with van der Waals surface area (Å²) in [5, 5.41) is 0.329. The number of ether oxygens (including phenoxy) is 2. The average molecular weight is 303 g/mol. The SMILES string of the molecule is COc1cc(Cl)c(C(=O)C=Cc2ccccc2)cc1OC. The van der Waals surface area contributed by atoms with Gasteiger partial charge in [-0.05, 0) is 17.7 Å². The molecule has 0 aromatic heterocycles. The number of halogens is 1. The fourth-order valence-electron chi connectivity index (χ4n) is 1.87. The molecular formula is C17H15ClO3. The van der Waals surface area contributed by atoms with Crippen LogP contribution in [0.4, 0.5) is 0 Å². The summed E-state index contributed by atoms with van der Waals surface area (Å²) in [6.07, 6.45) is 3.23. The number of methoxy groups -OCH3 is 2. The van der Waals surface area contributed by atoms with E-state index < -0.39 is 0 Å². The summed E-state index contributed by atoms with van der Waals surface area (Å²) in [4.78, 5) is 12.2. The number of hydrogen-bond acceptors (Lipinski definition) is 3. The third-order valence-electron chi connectivity index (χ3n) is 2.97. The first kappa shape index (κ1) is 15.1. The molecule has 0 atom stereocenters. The van der Waals surface area contributed by atoms with Crippen molar-refractivity contribution >= 4 is 23.5 Å². The van der Waals surface area contributed by atoms with Crippen LogP contribution in [0.25, 0.3) is 6.08 Å². The van der Waals surface area contributed by atoms with Crippen molar-refractivity contribution < 1.29 is 14.3 Å². The molecule has 0 saturated carbocycles. The van der Waals surface area contributed by atoms with Crippen LogP contribution in [0, 0.1) is 0 Å². The number of allylic oxidation sites excluding steroid dienone is 1. The van der Waals surface area contributed by atoms with Gasteiger partial charge >= 0.3 is 0 Å². The highest BCUT2D eigenvalue weighted by molar-refractivity contribution is 6.35. The highest BCUT2D eigenvalue weighted by atomic mass is 35.5. The van der Waals surface area contributed by atoms with Crippen molar-refractivity contribution in [3.05, 3.63) is 64.7 Å². The van der Waals surface area contributed by atoms with E-state index in [1.807, 2.05) is 30.3 Å². The lowest BCUT2D eigenvalue weighted by molar-refractivity contribution is 0.104. The highest BCUT2D eigenvalue weighted by Crippen LogP contribution is 2.33. The van der Waals surface area contributed by atoms with E-state index in [1.165, 1.54) is 20.3 Å². The fraction of sp³-hybridized carbons (Fsp3) is 0.118. The number of hydrogen-bond donors (Lipinski definition) is 0. The molecule has 0 aliphatic carbocycles. The first-order valence-corrected chi connectivity index (χ1v) is 6.72. The van der Waals surface area contributed by atoms with E-state index in [0.29, 0.717) is 22.1 Å². The summed E-state index contributed by atoms with van der Waals surface area (Å²) in [5.74, 6) is 0.772. The second-order valence-corrected chi connectivity index (χ2v) is 4.70. The van der Waals surface area contributed by atoms with Gasteiger partial charge in [0.1, 0.15) is 0 Å². The Morgan fingerprint density at radius 3 is 2.29 bits per heavy atom. The van der Waals surface area contributed by atoms with E-state index in [2.05, 4.69) is 0 Å². The molecule has 0 fully saturated rings. The topological polar surface area (TPSA) is 35.5 Å². The Morgan fingerprint density at radius 2 is 1.67 bits per heavy atom. The maximum Gasteiger partial charge on any atom is 0.187 e. The molecule has 2 aromatic rings. The molecule has 0 aliphatic rings. The van der Waals surface area contributed by atoms with E-state index in [4.69, 9.17) is 21.1 Å². The smallest absolute Gasteiger partial charge is 0.187 e. The Bertz CT molecular complexity index is 663. The van der Waals surface area contributed by atoms with Crippen molar-refractivity contribution in [1.29, 1.82) is 0 Å². The van der Waals surface area contributed by atoms with Crippen LogP contribution in [0.5, 0.6) is 11.5 Å². The summed E-state index contributed by atoms with van der Waals surface area (Å²) < 4.78 is 10.3. The minimum Gasteiger partial charge on any atom is -0.493 e. The monoisotopic (exact) mass is 302 g/mol. The molecule has 0 saturated heterocycles. The van der Waals surface area contributed by atoms with Gasteiger partial charge in [0.15, 0.2) is 17.3 Å². The molecule has 2 aromatic carbocycles. The van der Waals surface area contributed by atoms with Gasteiger partial charge in [0, 0.05) is 11.6 Å². The quantitative estimate of drug-likeness (QED) is 0.612. The van der Waals surface area contributed by atoms with E-state index in [-0.39, 0.29) is 5.78 Å². The average Bonchev–Trinajstić information content (AvgIpc) is 2.53. The van der Waals surface area contributed by atoms with Gasteiger partial charge in [0.05, 0.1) is 19.2 Å². The Labute approximate surface area is 128 Å². The van der Waals surface area contributed by atoms with Crippen LogP contribution in [0.3, 0.4) is 0 Å². The zero-order valence-corrected chi connectivity index (χ0v) is 12.6. The van der Waals surface area contributed by atoms with Gasteiger partial charge in [0.25, 0.3) is 0 Å². The molecule has 0 radical (unpaired) electrons. The van der Waals surface area contributed by atoms with Crippen molar-refractivity contribution in [3.8, 4) is 11.5 Å². The van der Waals surface area contributed by atoms with Crippen molar-refractivity contribution in [2.24, 2.45) is 0 Å². The molecule has 0 unspecified atom stereocenters. The highest BCUT2D eigenvalue weighted by Gasteiger charge is 2.13. The lowest BCUT2D eigenvalue weighted by Crippen LogP contribution is -1.99. The minimum absolute atomic E-state index is 0.190. The fourth-order valence-corrected chi connectivity index (χ4v) is 2.12. The van der Waals surface area contributed by atoms with Gasteiger partial charge < -0.3 is 9.47 Å². The number of ketones is 1. The summed E-state index contributed by atoms with van der Waals surface area (Å²) in [6, 6.07) is 12.7. The third kappa shape index (κ3) is 3.64. The van der Waals surface area contributed by atoms with E-state index in [1.54, 1.807) is 18.2 Å². The standard InChI is InChI=1S/C17H15ClO3/c1-20-16-10-13(14(18)11-17(16)21-2)15(19)9-8-12-6-4-3-5-7-12/h3-11H,1-2H3. The molecule has 0 spiro atoms. The molecule has 108 valence electrons. The van der Waals surface area contributed by atoms with E-state index in [9.17, 15) is 4.79 Å². The third-order valence-corrected chi connectivity index (χ3v) is 3.28. The normalized spacial score (nSPS) is 10.6. The Balaban J connectivity index is 2.29. The van der Waals surface area contributed by atoms with Crippen LogP contribution in [0.1, 0.15) is 15.9 Å². The van der Waals surface area contributed by atoms with Crippen molar-refractivity contribution in [3.63, 3.8) is 0 Å². The Hall–Kier alpha value is -2.26. The van der Waals surface area contributed by atoms with Crippen LogP contribution in [-0.2, 0) is 0 Å². The largest absolute Gasteiger partial charge is 0.493 e. The number of benzene rings is 2. The molecule has 0 amide bonds. The number of rotatable bonds is 5. The molecule has 21 heavy (non-hydrogen) atoms. The molecule has 4 heteroatoms. The lowest BCUT2D eigenvalue weighted by atomic mass is 10.1. The van der Waals surface area contributed by atoms with Crippen LogP contribution in [-0.4, -0.2) is 20.0 Å². The maximum atomic E-state index is 12.2. The van der Waals surface area contributed by atoms with Crippen molar-refractivity contribution in [2.75, 3.05) is 14.2 Å². The molecule has 2 rings (SSSR count). The number of carbonyl (C=O) groups excluding carboxylic acids is 1. The molecule has 0 aliphatic heterocycles. The molecule has 0 bridgehead atoms. The Morgan fingerprint density at radius 1 is 1.05 bits per heavy atom. The second kappa shape index (κ2) is 6.95. The predicted molar refractivity (Wildman–Crippen MR) is 84.4 cm³/mol. The van der Waals surface area contributed by atoms with Crippen molar-refractivity contribution in [1.82, 2.24) is 0 Å². The molecule has 0 heterocycles. The van der Waals surface area contributed by atoms with Crippen LogP contribution < -0.4 is 9.47 Å². The summed E-state index contributed by atoms with van der Waals surface area (Å²) >= 11 is 6.12. The Kier molecular flexibility index (Phi) is 5.01. The molecule has 0 N–H and O–H groups in total. The second-order valence-electron chi connectivity index (χ2n) is 4.30. The number of carbonyl (C=O) groups is 1. The summed E-state index contributed by atoms with van der Waals surface area (Å²) in [7, 11) is 3.03. The van der Waals surface area contributed by atoms with Crippen LogP contribution >= 0.6 is 11.6 Å². The van der Waals surface area contributed by atoms with Gasteiger partial charge in [-0.2, -0.15) is 0 Å². The summed E-state index contributed by atoms with van der Waals surface area (Å²) in [6.45, 7) is 0. The first-order valence-electron chi connectivity index (χ1n) is 6.34. The lowest BCUT2D eigenvalue weighted by Gasteiger charge is -2.10. The molecular weight excluding hydrogens is 288 g/mol. The maximum absolute atomic E-state index is 12.2. The summed E-state index contributed by atoms with van der Waals surface area (Å²) in [5.41, 5.74) is 1.32. The molecule has 3 nitrogen and oxygen atoms in total. The van der Waals surface area contributed by atoms with Crippen LogP contribution in [0.15, 0.2) is 48.5 Å². The van der Waals surface area contributed by atoms with Crippen LogP contribution in [0.2, 0.25) is 5.02 Å². The van der Waals surface area contributed by atoms with E-state index >= 15 is 0 Å². The van der Waals surface area contributed by atoms with Gasteiger partial charge in [-0.1, -0.05) is 48.0 Å². The zero-order chi connectivity index (χ0) is 15.2. The zero-order valence-electron chi connectivity index (χ0n) is 11.8. The van der Waals surface area contributed by atoms with Crippen molar-refractivity contribution in [2.45, 2.75) is 0 Å². The van der Waals surface area contributed by atoms with E-state index in [0.717, 1.165) is 5.56 Å².